The van der Waals surface area contributed by atoms with Gasteiger partial charge in [0.25, 0.3) is 0 Å². The Labute approximate surface area is 99.8 Å². The molecule has 0 aromatic heterocycles. The summed E-state index contributed by atoms with van der Waals surface area (Å²) in [5.74, 6) is -0.247. The van der Waals surface area contributed by atoms with E-state index in [-0.39, 0.29) is 12.4 Å². The quantitative estimate of drug-likeness (QED) is 0.630. The summed E-state index contributed by atoms with van der Waals surface area (Å²) in [5.41, 5.74) is 1.60. The van der Waals surface area contributed by atoms with Crippen molar-refractivity contribution in [3.8, 4) is 0 Å². The first-order valence-corrected chi connectivity index (χ1v) is 5.46. The van der Waals surface area contributed by atoms with Gasteiger partial charge in [-0.15, -0.1) is 0 Å². The Morgan fingerprint density at radius 1 is 1.50 bits per heavy atom. The lowest BCUT2D eigenvalue weighted by Crippen LogP contribution is -2.32. The van der Waals surface area contributed by atoms with Crippen molar-refractivity contribution in [1.29, 1.82) is 0 Å². The molecule has 4 heteroatoms. The topological polar surface area (TPSA) is 38.3 Å². The van der Waals surface area contributed by atoms with Crippen LogP contribution >= 0.6 is 12.2 Å². The molecule has 3 nitrogen and oxygen atoms in total. The average molecular weight is 235 g/mol. The number of thiocarbonyl (C=S) groups is 1. The summed E-state index contributed by atoms with van der Waals surface area (Å²) in [7, 11) is 1.39. The molecule has 0 saturated heterocycles. The first-order valence-electron chi connectivity index (χ1n) is 5.06. The normalized spacial score (nSPS) is 22.5. The van der Waals surface area contributed by atoms with Crippen molar-refractivity contribution in [3.63, 3.8) is 0 Å². The third-order valence-electron chi connectivity index (χ3n) is 3.00. The molecule has 1 atom stereocenters. The number of fused-ring (bicyclic) bond motifs is 1. The lowest BCUT2D eigenvalue weighted by atomic mass is 9.81. The third kappa shape index (κ3) is 1.59. The molecule has 0 radical (unpaired) electrons. The van der Waals surface area contributed by atoms with Gasteiger partial charge in [0.15, 0.2) is 0 Å². The van der Waals surface area contributed by atoms with Crippen LogP contribution in [0.1, 0.15) is 18.9 Å². The molecule has 1 aliphatic rings. The van der Waals surface area contributed by atoms with E-state index in [1.54, 1.807) is 0 Å². The van der Waals surface area contributed by atoms with Crippen molar-refractivity contribution >= 4 is 28.9 Å². The highest BCUT2D eigenvalue weighted by atomic mass is 32.1. The lowest BCUT2D eigenvalue weighted by Gasteiger charge is -2.22. The molecule has 0 spiro atoms. The number of rotatable bonds is 2. The van der Waals surface area contributed by atoms with Gasteiger partial charge in [-0.25, -0.2) is 0 Å². The molecule has 1 aliphatic heterocycles. The second-order valence-corrected chi connectivity index (χ2v) is 4.49. The van der Waals surface area contributed by atoms with Crippen molar-refractivity contribution in [2.45, 2.75) is 18.8 Å². The van der Waals surface area contributed by atoms with Crippen LogP contribution in [-0.4, -0.2) is 18.1 Å². The first kappa shape index (κ1) is 11.1. The Kier molecular flexibility index (Phi) is 2.68. The zero-order valence-corrected chi connectivity index (χ0v) is 10.1. The SMILES string of the molecule is COC(=O)CC1(C)C(=S)Nc2ccccc21. The molecule has 0 fully saturated rings. The highest BCUT2D eigenvalue weighted by Crippen LogP contribution is 2.40. The molecule has 1 unspecified atom stereocenters. The van der Waals surface area contributed by atoms with Crippen LogP contribution in [0.5, 0.6) is 0 Å². The minimum atomic E-state index is -0.445. The maximum atomic E-state index is 11.4. The van der Waals surface area contributed by atoms with Crippen molar-refractivity contribution in [3.05, 3.63) is 29.8 Å². The lowest BCUT2D eigenvalue weighted by molar-refractivity contribution is -0.141. The smallest absolute Gasteiger partial charge is 0.306 e. The van der Waals surface area contributed by atoms with E-state index in [4.69, 9.17) is 17.0 Å². The number of anilines is 1. The van der Waals surface area contributed by atoms with Crippen LogP contribution in [0.25, 0.3) is 0 Å². The summed E-state index contributed by atoms with van der Waals surface area (Å²) >= 11 is 5.31. The number of benzene rings is 1. The fourth-order valence-electron chi connectivity index (χ4n) is 1.99. The number of nitrogens with one attached hydrogen (secondary N) is 1. The van der Waals surface area contributed by atoms with Gasteiger partial charge in [-0.05, 0) is 18.6 Å². The maximum absolute atomic E-state index is 11.4. The van der Waals surface area contributed by atoms with E-state index in [1.807, 2.05) is 31.2 Å². The Balaban J connectivity index is 2.40. The largest absolute Gasteiger partial charge is 0.469 e. The molecule has 0 amide bonds. The van der Waals surface area contributed by atoms with Gasteiger partial charge in [0.05, 0.1) is 23.9 Å². The number of ether oxygens (including phenoxy) is 1. The fraction of sp³-hybridized carbons (Fsp3) is 0.333. The average Bonchev–Trinajstić information content (AvgIpc) is 2.52. The summed E-state index contributed by atoms with van der Waals surface area (Å²) in [6.45, 7) is 1.96. The summed E-state index contributed by atoms with van der Waals surface area (Å²) in [6, 6.07) is 7.84. The van der Waals surface area contributed by atoms with Crippen LogP contribution in [0.4, 0.5) is 5.69 Å². The molecule has 0 bridgehead atoms. The van der Waals surface area contributed by atoms with Crippen LogP contribution in [0.2, 0.25) is 0 Å². The van der Waals surface area contributed by atoms with Gasteiger partial charge in [0, 0.05) is 5.69 Å². The van der Waals surface area contributed by atoms with Gasteiger partial charge in [0.1, 0.15) is 0 Å². The van der Waals surface area contributed by atoms with Crippen molar-refractivity contribution < 1.29 is 9.53 Å². The molecule has 1 heterocycles. The molecule has 1 N–H and O–H groups in total. The Morgan fingerprint density at radius 2 is 2.19 bits per heavy atom. The monoisotopic (exact) mass is 235 g/mol. The molecule has 2 rings (SSSR count). The zero-order valence-electron chi connectivity index (χ0n) is 9.24. The van der Waals surface area contributed by atoms with Crippen molar-refractivity contribution in [1.82, 2.24) is 0 Å². The Morgan fingerprint density at radius 3 is 2.88 bits per heavy atom. The van der Waals surface area contributed by atoms with E-state index in [0.29, 0.717) is 4.99 Å². The minimum Gasteiger partial charge on any atom is -0.469 e. The molecule has 1 aromatic rings. The van der Waals surface area contributed by atoms with Crippen LogP contribution in [-0.2, 0) is 14.9 Å². The zero-order chi connectivity index (χ0) is 11.8. The van der Waals surface area contributed by atoms with Crippen molar-refractivity contribution in [2.75, 3.05) is 12.4 Å². The van der Waals surface area contributed by atoms with E-state index in [9.17, 15) is 4.79 Å². The number of esters is 1. The number of hydrogen-bond acceptors (Lipinski definition) is 3. The van der Waals surface area contributed by atoms with Crippen molar-refractivity contribution in [2.24, 2.45) is 0 Å². The maximum Gasteiger partial charge on any atom is 0.306 e. The van der Waals surface area contributed by atoms with E-state index in [0.717, 1.165) is 11.3 Å². The summed E-state index contributed by atoms with van der Waals surface area (Å²) in [5, 5.41) is 3.14. The highest BCUT2D eigenvalue weighted by molar-refractivity contribution is 7.80. The van der Waals surface area contributed by atoms with E-state index < -0.39 is 5.41 Å². The summed E-state index contributed by atoms with van der Waals surface area (Å²) in [6.07, 6.45) is 0.270. The summed E-state index contributed by atoms with van der Waals surface area (Å²) < 4.78 is 4.71. The highest BCUT2D eigenvalue weighted by Gasteiger charge is 2.41. The number of para-hydroxylation sites is 1. The first-order chi connectivity index (χ1) is 7.58. The second kappa shape index (κ2) is 3.87. The van der Waals surface area contributed by atoms with Crippen LogP contribution in [0.15, 0.2) is 24.3 Å². The van der Waals surface area contributed by atoms with Gasteiger partial charge in [-0.1, -0.05) is 30.4 Å². The van der Waals surface area contributed by atoms with E-state index >= 15 is 0 Å². The predicted octanol–water partition coefficient (Wildman–Crippen LogP) is 2.26. The molecule has 0 saturated carbocycles. The van der Waals surface area contributed by atoms with Gasteiger partial charge < -0.3 is 10.1 Å². The number of carbonyl (C=O) groups excluding carboxylic acids is 1. The molecule has 1 aromatic carbocycles. The van der Waals surface area contributed by atoms with Gasteiger partial charge in [0.2, 0.25) is 0 Å². The van der Waals surface area contributed by atoms with Gasteiger partial charge in [-0.3, -0.25) is 4.79 Å². The van der Waals surface area contributed by atoms with E-state index in [2.05, 4.69) is 5.32 Å². The Bertz CT molecular complexity index is 458. The van der Waals surface area contributed by atoms with Gasteiger partial charge in [-0.2, -0.15) is 0 Å². The second-order valence-electron chi connectivity index (χ2n) is 4.08. The van der Waals surface area contributed by atoms with E-state index in [1.165, 1.54) is 7.11 Å². The number of methoxy groups -OCH3 is 1. The fourth-order valence-corrected chi connectivity index (χ4v) is 2.28. The number of carbonyl (C=O) groups is 1. The standard InChI is InChI=1S/C12H13NO2S/c1-12(7-10(14)15-2)8-5-3-4-6-9(8)13-11(12)16/h3-6H,7H2,1-2H3,(H,13,16). The van der Waals surface area contributed by atoms with Crippen LogP contribution < -0.4 is 5.32 Å². The van der Waals surface area contributed by atoms with Crippen LogP contribution in [0.3, 0.4) is 0 Å². The third-order valence-corrected chi connectivity index (χ3v) is 3.55. The van der Waals surface area contributed by atoms with Gasteiger partial charge >= 0.3 is 5.97 Å². The number of hydrogen-bond donors (Lipinski definition) is 1. The predicted molar refractivity (Wildman–Crippen MR) is 66.6 cm³/mol. The molecular weight excluding hydrogens is 222 g/mol. The van der Waals surface area contributed by atoms with Crippen LogP contribution in [0, 0.1) is 0 Å². The summed E-state index contributed by atoms with van der Waals surface area (Å²) in [4.78, 5) is 12.1. The molecule has 16 heavy (non-hydrogen) atoms. The minimum absolute atomic E-state index is 0.247. The molecule has 84 valence electrons. The molecular formula is C12H13NO2S. The molecule has 0 aliphatic carbocycles. The Hall–Kier alpha value is -1.42.